The number of rotatable bonds is 4. The van der Waals surface area contributed by atoms with Gasteiger partial charge in [0.05, 0.1) is 7.11 Å². The number of para-hydroxylation sites is 1. The van der Waals surface area contributed by atoms with Gasteiger partial charge in [-0.15, -0.1) is 0 Å². The van der Waals surface area contributed by atoms with Crippen molar-refractivity contribution in [2.24, 2.45) is 0 Å². The van der Waals surface area contributed by atoms with Gasteiger partial charge in [0.1, 0.15) is 23.4 Å². The van der Waals surface area contributed by atoms with Gasteiger partial charge in [-0.2, -0.15) is 0 Å². The number of benzene rings is 2. The Balaban J connectivity index is 2.09. The van der Waals surface area contributed by atoms with Crippen LogP contribution in [0.2, 0.25) is 0 Å². The van der Waals surface area contributed by atoms with E-state index in [-0.39, 0.29) is 11.9 Å². The Hall–Kier alpha value is -2.07. The van der Waals surface area contributed by atoms with Gasteiger partial charge in [0.15, 0.2) is 0 Å². The Morgan fingerprint density at radius 1 is 1.29 bits per heavy atom. The highest BCUT2D eigenvalue weighted by Crippen LogP contribution is 2.42. The highest BCUT2D eigenvalue weighted by molar-refractivity contribution is 5.77. The normalized spacial score (nSPS) is 16.4. The zero-order chi connectivity index (χ0) is 14.8. The molecule has 0 saturated carbocycles. The molecule has 0 bridgehead atoms. The number of halogens is 1. The van der Waals surface area contributed by atoms with Crippen molar-refractivity contribution in [2.45, 2.75) is 12.5 Å². The van der Waals surface area contributed by atoms with Gasteiger partial charge in [-0.05, 0) is 25.2 Å². The number of nitrogens with one attached hydrogen (secondary N) is 1. The summed E-state index contributed by atoms with van der Waals surface area (Å²) in [6, 6.07) is 10.7. The van der Waals surface area contributed by atoms with Gasteiger partial charge >= 0.3 is 0 Å². The molecule has 3 rings (SSSR count). The van der Waals surface area contributed by atoms with Gasteiger partial charge in [0, 0.05) is 29.7 Å². The summed E-state index contributed by atoms with van der Waals surface area (Å²) in [6.07, 6.45) is 0.760. The van der Waals surface area contributed by atoms with E-state index >= 15 is 0 Å². The van der Waals surface area contributed by atoms with Crippen LogP contribution >= 0.6 is 0 Å². The van der Waals surface area contributed by atoms with Gasteiger partial charge in [-0.3, -0.25) is 0 Å². The topological polar surface area (TPSA) is 30.5 Å². The van der Waals surface area contributed by atoms with E-state index in [0.29, 0.717) is 5.75 Å². The molecule has 1 unspecified atom stereocenters. The van der Waals surface area contributed by atoms with Crippen LogP contribution in [0, 0.1) is 5.82 Å². The number of hydrogen-bond donors (Lipinski definition) is 1. The van der Waals surface area contributed by atoms with Crippen molar-refractivity contribution in [1.29, 1.82) is 0 Å². The fraction of sp³-hybridized carbons (Fsp3) is 0.294. The first-order valence-electron chi connectivity index (χ1n) is 7.00. The second-order valence-corrected chi connectivity index (χ2v) is 5.14. The minimum absolute atomic E-state index is 0.0419. The van der Waals surface area contributed by atoms with E-state index in [1.54, 1.807) is 13.2 Å². The summed E-state index contributed by atoms with van der Waals surface area (Å²) in [4.78, 5) is 0. The molecule has 1 aliphatic rings. The summed E-state index contributed by atoms with van der Waals surface area (Å²) in [6.45, 7) is 0.738. The van der Waals surface area contributed by atoms with Crippen LogP contribution in [0.25, 0.3) is 11.1 Å². The van der Waals surface area contributed by atoms with Crippen molar-refractivity contribution >= 4 is 0 Å². The molecule has 0 aliphatic carbocycles. The van der Waals surface area contributed by atoms with Crippen molar-refractivity contribution in [3.63, 3.8) is 0 Å². The smallest absolute Gasteiger partial charge is 0.131 e. The Morgan fingerprint density at radius 3 is 2.86 bits per heavy atom. The number of methoxy groups -OCH3 is 1. The maximum Gasteiger partial charge on any atom is 0.131 e. The number of fused-ring (bicyclic) bond motifs is 1. The van der Waals surface area contributed by atoms with Crippen LogP contribution in [0.1, 0.15) is 5.56 Å². The highest BCUT2D eigenvalue weighted by atomic mass is 19.1. The van der Waals surface area contributed by atoms with Crippen molar-refractivity contribution in [3.8, 4) is 22.6 Å². The SMILES string of the molecule is CNCC1Cc2cc(F)cc(-c3ccccc3OC)c2O1. The Morgan fingerprint density at radius 2 is 2.10 bits per heavy atom. The van der Waals surface area contributed by atoms with Crippen LogP contribution in [0.5, 0.6) is 11.5 Å². The number of hydrogen-bond acceptors (Lipinski definition) is 3. The van der Waals surface area contributed by atoms with Crippen molar-refractivity contribution in [3.05, 3.63) is 47.8 Å². The van der Waals surface area contributed by atoms with Crippen molar-refractivity contribution in [2.75, 3.05) is 20.7 Å². The zero-order valence-corrected chi connectivity index (χ0v) is 12.2. The molecule has 21 heavy (non-hydrogen) atoms. The molecule has 4 heteroatoms. The van der Waals surface area contributed by atoms with Crippen LogP contribution < -0.4 is 14.8 Å². The van der Waals surface area contributed by atoms with Crippen LogP contribution in [-0.2, 0) is 6.42 Å². The summed E-state index contributed by atoms with van der Waals surface area (Å²) in [5, 5.41) is 3.10. The van der Waals surface area contributed by atoms with Gasteiger partial charge in [0.2, 0.25) is 0 Å². The van der Waals surface area contributed by atoms with E-state index in [1.807, 2.05) is 31.3 Å². The van der Waals surface area contributed by atoms with Crippen LogP contribution in [0.15, 0.2) is 36.4 Å². The lowest BCUT2D eigenvalue weighted by Crippen LogP contribution is -2.27. The van der Waals surface area contributed by atoms with Gasteiger partial charge in [-0.25, -0.2) is 4.39 Å². The van der Waals surface area contributed by atoms with Gasteiger partial charge in [0.25, 0.3) is 0 Å². The molecule has 110 valence electrons. The lowest BCUT2D eigenvalue weighted by atomic mass is 9.99. The Bertz CT molecular complexity index is 657. The minimum Gasteiger partial charge on any atom is -0.496 e. The molecule has 2 aromatic carbocycles. The molecule has 1 aliphatic heterocycles. The molecule has 1 atom stereocenters. The first kappa shape index (κ1) is 13.9. The Kier molecular flexibility index (Phi) is 3.80. The largest absolute Gasteiger partial charge is 0.496 e. The molecule has 1 heterocycles. The molecule has 0 aromatic heterocycles. The monoisotopic (exact) mass is 287 g/mol. The lowest BCUT2D eigenvalue weighted by Gasteiger charge is -2.14. The predicted molar refractivity (Wildman–Crippen MR) is 80.4 cm³/mol. The first-order chi connectivity index (χ1) is 10.2. The molecule has 0 amide bonds. The average Bonchev–Trinajstić information content (AvgIpc) is 2.89. The standard InChI is InChI=1S/C17H18FNO2/c1-19-10-13-8-11-7-12(18)9-15(17(11)21-13)14-5-3-4-6-16(14)20-2/h3-7,9,13,19H,8,10H2,1-2H3. The molecule has 0 saturated heterocycles. The third-order valence-corrected chi connectivity index (χ3v) is 3.69. The quantitative estimate of drug-likeness (QED) is 0.937. The summed E-state index contributed by atoms with van der Waals surface area (Å²) in [7, 11) is 3.50. The second-order valence-electron chi connectivity index (χ2n) is 5.14. The molecule has 0 radical (unpaired) electrons. The zero-order valence-electron chi connectivity index (χ0n) is 12.2. The molecule has 2 aromatic rings. The van der Waals surface area contributed by atoms with Crippen LogP contribution in [0.3, 0.4) is 0 Å². The van der Waals surface area contributed by atoms with Gasteiger partial charge < -0.3 is 14.8 Å². The summed E-state index contributed by atoms with van der Waals surface area (Å²) < 4.78 is 25.3. The predicted octanol–water partition coefficient (Wildman–Crippen LogP) is 3.02. The van der Waals surface area contributed by atoms with Gasteiger partial charge in [-0.1, -0.05) is 18.2 Å². The third-order valence-electron chi connectivity index (χ3n) is 3.69. The van der Waals surface area contributed by atoms with Crippen LogP contribution in [-0.4, -0.2) is 26.8 Å². The van der Waals surface area contributed by atoms with E-state index in [9.17, 15) is 4.39 Å². The van der Waals surface area contributed by atoms with E-state index < -0.39 is 0 Å². The summed E-state index contributed by atoms with van der Waals surface area (Å²) in [5.41, 5.74) is 2.51. The number of ether oxygens (including phenoxy) is 2. The maximum atomic E-state index is 13.9. The minimum atomic E-state index is -0.247. The highest BCUT2D eigenvalue weighted by Gasteiger charge is 2.27. The molecule has 1 N–H and O–H groups in total. The van der Waals surface area contributed by atoms with E-state index in [2.05, 4.69) is 5.32 Å². The Labute approximate surface area is 123 Å². The fourth-order valence-corrected chi connectivity index (χ4v) is 2.80. The fourth-order valence-electron chi connectivity index (χ4n) is 2.80. The molecule has 0 spiro atoms. The van der Waals surface area contributed by atoms with Crippen molar-refractivity contribution in [1.82, 2.24) is 5.32 Å². The second kappa shape index (κ2) is 5.74. The molecule has 0 fully saturated rings. The summed E-state index contributed by atoms with van der Waals surface area (Å²) >= 11 is 0. The van der Waals surface area contributed by atoms with Crippen LogP contribution in [0.4, 0.5) is 4.39 Å². The molecule has 3 nitrogen and oxygen atoms in total. The molecular formula is C17H18FNO2. The van der Waals surface area contributed by atoms with E-state index in [4.69, 9.17) is 9.47 Å². The van der Waals surface area contributed by atoms with Crippen molar-refractivity contribution < 1.29 is 13.9 Å². The van der Waals surface area contributed by atoms with E-state index in [0.717, 1.165) is 35.4 Å². The average molecular weight is 287 g/mol. The molecular weight excluding hydrogens is 269 g/mol. The lowest BCUT2D eigenvalue weighted by molar-refractivity contribution is 0.232. The first-order valence-corrected chi connectivity index (χ1v) is 7.00. The van der Waals surface area contributed by atoms with E-state index in [1.165, 1.54) is 6.07 Å². The maximum absolute atomic E-state index is 13.9. The summed E-state index contributed by atoms with van der Waals surface area (Å²) in [5.74, 6) is 1.23. The number of likely N-dealkylation sites (N-methyl/N-ethyl adjacent to an activating group) is 1. The third kappa shape index (κ3) is 2.59.